The van der Waals surface area contributed by atoms with E-state index in [-0.39, 0.29) is 41.4 Å². The minimum absolute atomic E-state index is 0.0809. The minimum Gasteiger partial charge on any atom is -0.481 e. The number of rotatable bonds is 7. The molecule has 1 aromatic carbocycles. The molecule has 7 nitrogen and oxygen atoms in total. The molecular weight excluding hydrogens is 485 g/mol. The number of hydrogen-bond donors (Lipinski definition) is 1. The van der Waals surface area contributed by atoms with Crippen molar-refractivity contribution in [1.82, 2.24) is 19.4 Å². The summed E-state index contributed by atoms with van der Waals surface area (Å²) < 4.78 is 47.3. The minimum atomic E-state index is -2.94. The van der Waals surface area contributed by atoms with Crippen molar-refractivity contribution in [2.75, 3.05) is 0 Å². The third-order valence-corrected chi connectivity index (χ3v) is 7.63. The Morgan fingerprint density at radius 1 is 1.19 bits per heavy atom. The van der Waals surface area contributed by atoms with E-state index in [1.165, 1.54) is 12.1 Å². The van der Waals surface area contributed by atoms with Gasteiger partial charge in [0.2, 0.25) is 0 Å². The summed E-state index contributed by atoms with van der Waals surface area (Å²) in [7, 11) is 0. The van der Waals surface area contributed by atoms with Crippen molar-refractivity contribution < 1.29 is 27.8 Å². The molecule has 0 amide bonds. The lowest BCUT2D eigenvalue weighted by atomic mass is 9.99. The van der Waals surface area contributed by atoms with Crippen molar-refractivity contribution in [1.29, 1.82) is 0 Å². The van der Waals surface area contributed by atoms with Crippen molar-refractivity contribution in [2.45, 2.75) is 38.7 Å². The zero-order valence-corrected chi connectivity index (χ0v) is 19.8. The number of imidazole rings is 1. The zero-order valence-electron chi connectivity index (χ0n) is 19.8. The van der Waals surface area contributed by atoms with Gasteiger partial charge in [-0.15, -0.1) is 0 Å². The van der Waals surface area contributed by atoms with Crippen LogP contribution in [-0.2, 0) is 11.2 Å². The molecule has 1 N–H and O–H groups in total. The summed E-state index contributed by atoms with van der Waals surface area (Å²) in [6.45, 7) is -1.16. The highest BCUT2D eigenvalue weighted by atomic mass is 19.3. The average Bonchev–Trinajstić information content (AvgIpc) is 3.22. The Kier molecular flexibility index (Phi) is 5.62. The first-order chi connectivity index (χ1) is 17.8. The fourth-order valence-electron chi connectivity index (χ4n) is 5.80. The molecule has 2 aliphatic carbocycles. The molecule has 3 heterocycles. The Labute approximate surface area is 210 Å². The van der Waals surface area contributed by atoms with Crippen LogP contribution >= 0.6 is 0 Å². The standard InChI is InChI=1S/C27H23F3N4O3/c1-13-21(8-14-4-2-3-5-22(14)37-27(29)30)34-12-19(20(28)9-23(34)33-13)16-10-31-25(32-11-16)15-6-17-18(7-15)24(17)26(35)36/h2-5,9-12,15,17-18,24,27H,6-8H2,1H3,(H,35,36)/t15?,17-,18+,24?. The summed E-state index contributed by atoms with van der Waals surface area (Å²) in [5.41, 5.74) is 3.11. The van der Waals surface area contributed by atoms with E-state index < -0.39 is 18.4 Å². The van der Waals surface area contributed by atoms with E-state index >= 15 is 4.39 Å². The van der Waals surface area contributed by atoms with Gasteiger partial charge in [-0.2, -0.15) is 8.78 Å². The Bertz CT molecular complexity index is 1490. The van der Waals surface area contributed by atoms with Crippen molar-refractivity contribution in [2.24, 2.45) is 17.8 Å². The van der Waals surface area contributed by atoms with Crippen molar-refractivity contribution >= 4 is 11.6 Å². The SMILES string of the molecule is Cc1nc2cc(F)c(-c3cnc(C4C[C@@H]5C(C(=O)O)[C@@H]5C4)nc3)cn2c1Cc1ccccc1OC(F)F. The quantitative estimate of drug-likeness (QED) is 0.367. The number of aliphatic carboxylic acids is 1. The number of ether oxygens (including phenoxy) is 1. The number of alkyl halides is 2. The second-order valence-electron chi connectivity index (χ2n) is 9.76. The summed E-state index contributed by atoms with van der Waals surface area (Å²) in [6.07, 6.45) is 6.57. The van der Waals surface area contributed by atoms with Gasteiger partial charge < -0.3 is 14.2 Å². The van der Waals surface area contributed by atoms with E-state index in [2.05, 4.69) is 19.7 Å². The van der Waals surface area contributed by atoms with Gasteiger partial charge in [0.1, 0.15) is 23.0 Å². The molecule has 0 bridgehead atoms. The van der Waals surface area contributed by atoms with E-state index in [4.69, 9.17) is 0 Å². The molecule has 6 rings (SSSR count). The third kappa shape index (κ3) is 4.20. The first-order valence-corrected chi connectivity index (χ1v) is 12.0. The number of para-hydroxylation sites is 1. The van der Waals surface area contributed by atoms with Gasteiger partial charge >= 0.3 is 12.6 Å². The first-order valence-electron chi connectivity index (χ1n) is 12.0. The molecule has 2 unspecified atom stereocenters. The first kappa shape index (κ1) is 23.4. The number of aryl methyl sites for hydroxylation is 1. The van der Waals surface area contributed by atoms with E-state index in [0.29, 0.717) is 28.3 Å². The van der Waals surface area contributed by atoms with Gasteiger partial charge in [0.15, 0.2) is 0 Å². The van der Waals surface area contributed by atoms with Crippen LogP contribution in [0.4, 0.5) is 13.2 Å². The Hall–Kier alpha value is -3.95. The Morgan fingerprint density at radius 2 is 1.89 bits per heavy atom. The number of carboxylic acids is 1. The van der Waals surface area contributed by atoms with E-state index in [0.717, 1.165) is 18.5 Å². The lowest BCUT2D eigenvalue weighted by Crippen LogP contribution is -2.09. The number of fused-ring (bicyclic) bond motifs is 2. The maximum atomic E-state index is 15.1. The highest BCUT2D eigenvalue weighted by molar-refractivity contribution is 5.74. The summed E-state index contributed by atoms with van der Waals surface area (Å²) in [5, 5.41) is 9.22. The van der Waals surface area contributed by atoms with Gasteiger partial charge in [-0.25, -0.2) is 19.3 Å². The lowest BCUT2D eigenvalue weighted by Gasteiger charge is -2.13. The van der Waals surface area contributed by atoms with Crippen molar-refractivity contribution in [3.63, 3.8) is 0 Å². The molecule has 0 radical (unpaired) electrons. The number of benzene rings is 1. The monoisotopic (exact) mass is 508 g/mol. The van der Waals surface area contributed by atoms with E-state index in [1.807, 2.05) is 0 Å². The number of carbonyl (C=O) groups is 1. The van der Waals surface area contributed by atoms with E-state index in [1.54, 1.807) is 48.1 Å². The Balaban J connectivity index is 1.28. The number of halogens is 3. The van der Waals surface area contributed by atoms with Crippen LogP contribution in [0.3, 0.4) is 0 Å². The molecule has 4 atom stereocenters. The number of pyridine rings is 1. The fraction of sp³-hybridized carbons (Fsp3) is 0.333. The molecule has 37 heavy (non-hydrogen) atoms. The highest BCUT2D eigenvalue weighted by Gasteiger charge is 2.60. The van der Waals surface area contributed by atoms with Gasteiger partial charge in [-0.05, 0) is 37.7 Å². The maximum Gasteiger partial charge on any atom is 0.387 e. The van der Waals surface area contributed by atoms with Gasteiger partial charge in [0.05, 0.1) is 11.6 Å². The molecule has 4 aromatic rings. The highest BCUT2D eigenvalue weighted by Crippen LogP contribution is 2.61. The number of hydrogen-bond acceptors (Lipinski definition) is 5. The lowest BCUT2D eigenvalue weighted by molar-refractivity contribution is -0.139. The van der Waals surface area contributed by atoms with Crippen LogP contribution in [0.15, 0.2) is 48.9 Å². The summed E-state index contributed by atoms with van der Waals surface area (Å²) in [4.78, 5) is 24.6. The van der Waals surface area contributed by atoms with Crippen LogP contribution < -0.4 is 4.74 Å². The van der Waals surface area contributed by atoms with Gasteiger partial charge in [-0.3, -0.25) is 4.79 Å². The topological polar surface area (TPSA) is 89.6 Å². The van der Waals surface area contributed by atoms with Crippen LogP contribution in [0, 0.1) is 30.5 Å². The molecule has 0 spiro atoms. The average molecular weight is 509 g/mol. The summed E-state index contributed by atoms with van der Waals surface area (Å²) in [6, 6.07) is 7.89. The molecule has 2 saturated carbocycles. The zero-order chi connectivity index (χ0) is 25.8. The maximum absolute atomic E-state index is 15.1. The van der Waals surface area contributed by atoms with Crippen LogP contribution in [0.5, 0.6) is 5.75 Å². The van der Waals surface area contributed by atoms with Gasteiger partial charge in [0.25, 0.3) is 0 Å². The van der Waals surface area contributed by atoms with Crippen molar-refractivity contribution in [3.8, 4) is 16.9 Å². The van der Waals surface area contributed by atoms with E-state index in [9.17, 15) is 18.7 Å². The summed E-state index contributed by atoms with van der Waals surface area (Å²) >= 11 is 0. The van der Waals surface area contributed by atoms with Gasteiger partial charge in [0, 0.05) is 59.4 Å². The largest absolute Gasteiger partial charge is 0.481 e. The Morgan fingerprint density at radius 3 is 2.57 bits per heavy atom. The second kappa shape index (κ2) is 8.86. The smallest absolute Gasteiger partial charge is 0.387 e. The molecule has 2 fully saturated rings. The molecule has 190 valence electrons. The fourth-order valence-corrected chi connectivity index (χ4v) is 5.80. The molecular formula is C27H23F3N4O3. The molecule has 0 aliphatic heterocycles. The number of aromatic nitrogens is 4. The van der Waals surface area contributed by atoms with Crippen molar-refractivity contribution in [3.05, 3.63) is 77.5 Å². The van der Waals surface area contributed by atoms with Crippen LogP contribution in [0.1, 0.15) is 41.5 Å². The molecule has 0 saturated heterocycles. The summed E-state index contributed by atoms with van der Waals surface area (Å²) in [5.74, 6) is -0.199. The number of carboxylic acid groups (broad SMARTS) is 1. The second-order valence-corrected chi connectivity index (χ2v) is 9.76. The molecule has 2 aliphatic rings. The predicted octanol–water partition coefficient (Wildman–Crippen LogP) is 5.26. The van der Waals surface area contributed by atoms with Crippen LogP contribution in [-0.4, -0.2) is 37.0 Å². The molecule has 10 heteroatoms. The normalized spacial score (nSPS) is 22.4. The number of nitrogens with zero attached hydrogens (tertiary/aromatic N) is 4. The van der Waals surface area contributed by atoms with Crippen LogP contribution in [0.2, 0.25) is 0 Å². The predicted molar refractivity (Wildman–Crippen MR) is 127 cm³/mol. The van der Waals surface area contributed by atoms with Crippen LogP contribution in [0.25, 0.3) is 16.8 Å². The third-order valence-electron chi connectivity index (χ3n) is 7.63. The molecule has 3 aromatic heterocycles. The van der Waals surface area contributed by atoms with Gasteiger partial charge in [-0.1, -0.05) is 18.2 Å².